The van der Waals surface area contributed by atoms with Crippen molar-refractivity contribution in [3.8, 4) is 23.3 Å². The Kier molecular flexibility index (Phi) is 3.35. The second-order valence-corrected chi connectivity index (χ2v) is 4.20. The van der Waals surface area contributed by atoms with Crippen molar-refractivity contribution in [1.82, 2.24) is 0 Å². The molecule has 3 heteroatoms. The Morgan fingerprint density at radius 1 is 1.00 bits per heavy atom. The minimum Gasteiger partial charge on any atom is -0.192 e. The summed E-state index contributed by atoms with van der Waals surface area (Å²) >= 11 is 1.66. The van der Waals surface area contributed by atoms with Gasteiger partial charge in [-0.3, -0.25) is 0 Å². The molecular weight excluding hydrogens is 228 g/mol. The van der Waals surface area contributed by atoms with Crippen LogP contribution in [0.3, 0.4) is 0 Å². The van der Waals surface area contributed by atoms with Crippen LogP contribution < -0.4 is 0 Å². The number of nitrogens with zero attached hydrogens (tertiary/aromatic N) is 2. The normalized spacial score (nSPS) is 9.06. The lowest BCUT2D eigenvalue weighted by molar-refractivity contribution is 1.47. The number of hydrogen-bond acceptors (Lipinski definition) is 3. The Hall–Kier alpha value is -2.36. The van der Waals surface area contributed by atoms with Crippen LogP contribution in [-0.2, 0) is 0 Å². The van der Waals surface area contributed by atoms with E-state index in [9.17, 15) is 0 Å². The SMILES string of the molecule is N#CC(C#N)=Cc1ccc(-c2ccsc2)cc1. The fourth-order valence-corrected chi connectivity index (χ4v) is 2.12. The van der Waals surface area contributed by atoms with Crippen LogP contribution in [0.2, 0.25) is 0 Å². The van der Waals surface area contributed by atoms with E-state index in [2.05, 4.69) is 11.4 Å². The summed E-state index contributed by atoms with van der Waals surface area (Å²) in [4.78, 5) is 0. The number of benzene rings is 1. The van der Waals surface area contributed by atoms with Gasteiger partial charge in [0.25, 0.3) is 0 Å². The van der Waals surface area contributed by atoms with E-state index in [4.69, 9.17) is 10.5 Å². The quantitative estimate of drug-likeness (QED) is 0.743. The van der Waals surface area contributed by atoms with E-state index < -0.39 is 0 Å². The van der Waals surface area contributed by atoms with Crippen LogP contribution >= 0.6 is 11.3 Å². The van der Waals surface area contributed by atoms with Gasteiger partial charge >= 0.3 is 0 Å². The van der Waals surface area contributed by atoms with Gasteiger partial charge in [0.15, 0.2) is 0 Å². The first-order valence-electron chi connectivity index (χ1n) is 4.98. The molecular formula is C14H8N2S. The fourth-order valence-electron chi connectivity index (χ4n) is 1.46. The van der Waals surface area contributed by atoms with Crippen LogP contribution in [0.4, 0.5) is 0 Å². The molecule has 80 valence electrons. The van der Waals surface area contributed by atoms with Crippen LogP contribution in [0.1, 0.15) is 5.56 Å². The summed E-state index contributed by atoms with van der Waals surface area (Å²) in [6, 6.07) is 13.5. The Morgan fingerprint density at radius 2 is 1.71 bits per heavy atom. The highest BCUT2D eigenvalue weighted by Crippen LogP contribution is 2.22. The molecule has 0 spiro atoms. The average molecular weight is 236 g/mol. The Labute approximate surface area is 104 Å². The highest BCUT2D eigenvalue weighted by molar-refractivity contribution is 7.08. The fraction of sp³-hybridized carbons (Fsp3) is 0. The molecule has 1 heterocycles. The first kappa shape index (κ1) is 11.1. The van der Waals surface area contributed by atoms with Gasteiger partial charge in [-0.2, -0.15) is 21.9 Å². The van der Waals surface area contributed by atoms with Gasteiger partial charge in [-0.15, -0.1) is 0 Å². The Bertz CT molecular complexity index is 592. The van der Waals surface area contributed by atoms with Crippen molar-refractivity contribution in [1.29, 1.82) is 10.5 Å². The molecule has 0 aliphatic heterocycles. The maximum atomic E-state index is 8.65. The van der Waals surface area contributed by atoms with Crippen LogP contribution in [0, 0.1) is 22.7 Å². The van der Waals surface area contributed by atoms with E-state index >= 15 is 0 Å². The third kappa shape index (κ3) is 2.60. The molecule has 0 amide bonds. The molecule has 1 aromatic heterocycles. The maximum absolute atomic E-state index is 8.65. The predicted octanol–water partition coefficient (Wildman–Crippen LogP) is 3.85. The molecule has 0 N–H and O–H groups in total. The zero-order valence-electron chi connectivity index (χ0n) is 8.92. The summed E-state index contributed by atoms with van der Waals surface area (Å²) in [5.41, 5.74) is 3.31. The summed E-state index contributed by atoms with van der Waals surface area (Å²) in [6.45, 7) is 0. The van der Waals surface area contributed by atoms with Crippen molar-refractivity contribution >= 4 is 17.4 Å². The minimum atomic E-state index is 0.119. The van der Waals surface area contributed by atoms with Gasteiger partial charge in [0.2, 0.25) is 0 Å². The molecule has 0 saturated heterocycles. The Balaban J connectivity index is 2.29. The van der Waals surface area contributed by atoms with Gasteiger partial charge in [0.05, 0.1) is 0 Å². The summed E-state index contributed by atoms with van der Waals surface area (Å²) < 4.78 is 0. The molecule has 2 aromatic rings. The van der Waals surface area contributed by atoms with Gasteiger partial charge in [-0.1, -0.05) is 24.3 Å². The van der Waals surface area contributed by atoms with Crippen LogP contribution in [0.25, 0.3) is 17.2 Å². The second kappa shape index (κ2) is 5.12. The Morgan fingerprint density at radius 3 is 2.24 bits per heavy atom. The lowest BCUT2D eigenvalue weighted by atomic mass is 10.1. The molecule has 17 heavy (non-hydrogen) atoms. The minimum absolute atomic E-state index is 0.119. The smallest absolute Gasteiger partial charge is 0.130 e. The van der Waals surface area contributed by atoms with E-state index in [1.165, 1.54) is 5.56 Å². The molecule has 0 fully saturated rings. The van der Waals surface area contributed by atoms with Crippen LogP contribution in [0.15, 0.2) is 46.7 Å². The summed E-state index contributed by atoms with van der Waals surface area (Å²) in [7, 11) is 0. The lowest BCUT2D eigenvalue weighted by Crippen LogP contribution is -1.77. The molecule has 0 bridgehead atoms. The number of rotatable bonds is 2. The van der Waals surface area contributed by atoms with Crippen molar-refractivity contribution in [2.45, 2.75) is 0 Å². The van der Waals surface area contributed by atoms with Gasteiger partial charge < -0.3 is 0 Å². The van der Waals surface area contributed by atoms with Crippen molar-refractivity contribution < 1.29 is 0 Å². The summed E-state index contributed by atoms with van der Waals surface area (Å²) in [6.07, 6.45) is 1.58. The standard InChI is InChI=1S/C14H8N2S/c15-8-12(9-16)7-11-1-3-13(4-2-11)14-5-6-17-10-14/h1-7,10H. The molecule has 0 radical (unpaired) electrons. The third-order valence-electron chi connectivity index (χ3n) is 2.32. The second-order valence-electron chi connectivity index (χ2n) is 3.42. The molecule has 0 aliphatic carbocycles. The molecule has 2 nitrogen and oxygen atoms in total. The van der Waals surface area contributed by atoms with Gasteiger partial charge in [-0.05, 0) is 39.6 Å². The van der Waals surface area contributed by atoms with Gasteiger partial charge in [0.1, 0.15) is 17.7 Å². The molecule has 0 unspecified atom stereocenters. The number of thiophene rings is 1. The van der Waals surface area contributed by atoms with E-state index in [0.29, 0.717) is 0 Å². The van der Waals surface area contributed by atoms with Crippen molar-refractivity contribution in [2.75, 3.05) is 0 Å². The molecule has 2 rings (SSSR count). The van der Waals surface area contributed by atoms with Crippen LogP contribution in [0.5, 0.6) is 0 Å². The van der Waals surface area contributed by atoms with E-state index in [1.807, 2.05) is 41.8 Å². The predicted molar refractivity (Wildman–Crippen MR) is 69.0 cm³/mol. The molecule has 1 aromatic carbocycles. The number of nitriles is 2. The maximum Gasteiger partial charge on any atom is 0.130 e. The van der Waals surface area contributed by atoms with Crippen molar-refractivity contribution in [2.24, 2.45) is 0 Å². The van der Waals surface area contributed by atoms with Gasteiger partial charge in [-0.25, -0.2) is 0 Å². The van der Waals surface area contributed by atoms with Gasteiger partial charge in [0, 0.05) is 0 Å². The van der Waals surface area contributed by atoms with E-state index in [-0.39, 0.29) is 5.57 Å². The molecule has 0 atom stereocenters. The zero-order chi connectivity index (χ0) is 12.1. The topological polar surface area (TPSA) is 47.6 Å². The summed E-state index contributed by atoms with van der Waals surface area (Å²) in [5.74, 6) is 0. The number of allylic oxidation sites excluding steroid dienone is 1. The number of hydrogen-bond donors (Lipinski definition) is 0. The lowest BCUT2D eigenvalue weighted by Gasteiger charge is -1.98. The monoisotopic (exact) mass is 236 g/mol. The molecule has 0 saturated carbocycles. The zero-order valence-corrected chi connectivity index (χ0v) is 9.74. The third-order valence-corrected chi connectivity index (χ3v) is 3.00. The summed E-state index contributed by atoms with van der Waals surface area (Å²) in [5, 5.41) is 21.4. The average Bonchev–Trinajstić information content (AvgIpc) is 2.90. The van der Waals surface area contributed by atoms with E-state index in [0.717, 1.165) is 11.1 Å². The highest BCUT2D eigenvalue weighted by atomic mass is 32.1. The highest BCUT2D eigenvalue weighted by Gasteiger charge is 1.98. The largest absolute Gasteiger partial charge is 0.192 e. The van der Waals surface area contributed by atoms with Crippen molar-refractivity contribution in [3.05, 3.63) is 52.2 Å². The van der Waals surface area contributed by atoms with Crippen molar-refractivity contribution in [3.63, 3.8) is 0 Å². The first-order valence-corrected chi connectivity index (χ1v) is 5.92. The van der Waals surface area contributed by atoms with E-state index in [1.54, 1.807) is 17.4 Å². The first-order chi connectivity index (χ1) is 8.33. The molecule has 0 aliphatic rings. The van der Waals surface area contributed by atoms with Crippen LogP contribution in [-0.4, -0.2) is 0 Å².